The number of ketones is 1. The maximum atomic E-state index is 13.0. The summed E-state index contributed by atoms with van der Waals surface area (Å²) < 4.78 is 18.5. The van der Waals surface area contributed by atoms with Gasteiger partial charge in [-0.05, 0) is 74.2 Å². The predicted octanol–water partition coefficient (Wildman–Crippen LogP) is 3.61. The Labute approximate surface area is 168 Å². The fourth-order valence-electron chi connectivity index (χ4n) is 3.57. The summed E-state index contributed by atoms with van der Waals surface area (Å²) in [4.78, 5) is 38.8. The van der Waals surface area contributed by atoms with Crippen molar-refractivity contribution in [2.45, 2.75) is 25.7 Å². The van der Waals surface area contributed by atoms with E-state index in [4.69, 9.17) is 4.74 Å². The van der Waals surface area contributed by atoms with Crippen LogP contribution in [0, 0.1) is 17.7 Å². The molecule has 4 rings (SSSR count). The van der Waals surface area contributed by atoms with Crippen molar-refractivity contribution in [1.29, 1.82) is 0 Å². The first-order valence-electron chi connectivity index (χ1n) is 9.92. The highest BCUT2D eigenvalue weighted by Gasteiger charge is 2.36. The number of nitrogens with zero attached hydrogens (tertiary/aromatic N) is 1. The van der Waals surface area contributed by atoms with Gasteiger partial charge in [0.05, 0.1) is 5.92 Å². The Bertz CT molecular complexity index is 911. The molecule has 0 spiro atoms. The van der Waals surface area contributed by atoms with E-state index in [-0.39, 0.29) is 29.5 Å². The molecule has 29 heavy (non-hydrogen) atoms. The lowest BCUT2D eigenvalue weighted by atomic mass is 9.96. The van der Waals surface area contributed by atoms with Gasteiger partial charge in [0.15, 0.2) is 5.78 Å². The van der Waals surface area contributed by atoms with Crippen molar-refractivity contribution in [3.8, 4) is 5.75 Å². The topological polar surface area (TPSA) is 63.7 Å². The number of carbonyl (C=O) groups excluding carboxylic acids is 3. The molecule has 2 fully saturated rings. The Morgan fingerprint density at radius 3 is 1.90 bits per heavy atom. The van der Waals surface area contributed by atoms with Gasteiger partial charge in [-0.2, -0.15) is 0 Å². The molecule has 1 aliphatic heterocycles. The predicted molar refractivity (Wildman–Crippen MR) is 104 cm³/mol. The van der Waals surface area contributed by atoms with Crippen LogP contribution in [0.3, 0.4) is 0 Å². The van der Waals surface area contributed by atoms with Gasteiger partial charge in [0.2, 0.25) is 5.91 Å². The zero-order valence-corrected chi connectivity index (χ0v) is 16.0. The molecule has 0 bridgehead atoms. The van der Waals surface area contributed by atoms with Crippen molar-refractivity contribution in [2.24, 2.45) is 11.8 Å². The second kappa shape index (κ2) is 8.15. The zero-order valence-electron chi connectivity index (χ0n) is 16.0. The molecule has 0 unspecified atom stereocenters. The van der Waals surface area contributed by atoms with Crippen LogP contribution >= 0.6 is 0 Å². The second-order valence-electron chi connectivity index (χ2n) is 7.66. The molecule has 0 aromatic heterocycles. The molecule has 5 nitrogen and oxygen atoms in total. The Hall–Kier alpha value is -3.02. The van der Waals surface area contributed by atoms with Crippen LogP contribution in [0.15, 0.2) is 48.5 Å². The van der Waals surface area contributed by atoms with Crippen molar-refractivity contribution in [3.63, 3.8) is 0 Å². The SMILES string of the molecule is O=C(c1ccc(F)cc1)c1ccc(OC(=O)C2CCN(C(=O)C3CC3)CC2)cc1. The molecular formula is C23H22FNO4. The fraction of sp³-hybridized carbons (Fsp3) is 0.348. The summed E-state index contributed by atoms with van der Waals surface area (Å²) in [5.41, 5.74) is 0.826. The zero-order chi connectivity index (χ0) is 20.4. The minimum Gasteiger partial charge on any atom is -0.426 e. The number of amides is 1. The number of rotatable bonds is 5. The van der Waals surface area contributed by atoms with Gasteiger partial charge in [0, 0.05) is 30.1 Å². The van der Waals surface area contributed by atoms with Crippen LogP contribution in [0.2, 0.25) is 0 Å². The number of ether oxygens (including phenoxy) is 1. The van der Waals surface area contributed by atoms with E-state index in [1.807, 2.05) is 4.90 Å². The summed E-state index contributed by atoms with van der Waals surface area (Å²) in [6.07, 6.45) is 3.19. The van der Waals surface area contributed by atoms with E-state index in [0.29, 0.717) is 42.8 Å². The van der Waals surface area contributed by atoms with Crippen molar-refractivity contribution < 1.29 is 23.5 Å². The van der Waals surface area contributed by atoms with Crippen LogP contribution in [0.1, 0.15) is 41.6 Å². The molecule has 1 amide bonds. The smallest absolute Gasteiger partial charge is 0.314 e. The van der Waals surface area contributed by atoms with Gasteiger partial charge in [-0.1, -0.05) is 0 Å². The lowest BCUT2D eigenvalue weighted by Gasteiger charge is -2.31. The molecule has 0 N–H and O–H groups in total. The van der Waals surface area contributed by atoms with Crippen LogP contribution in [0.5, 0.6) is 5.75 Å². The average Bonchev–Trinajstić information content (AvgIpc) is 3.59. The van der Waals surface area contributed by atoms with Gasteiger partial charge in [-0.15, -0.1) is 0 Å². The number of piperidine rings is 1. The average molecular weight is 395 g/mol. The molecule has 2 aliphatic rings. The van der Waals surface area contributed by atoms with Gasteiger partial charge in [-0.3, -0.25) is 14.4 Å². The van der Waals surface area contributed by atoms with Crippen molar-refractivity contribution >= 4 is 17.7 Å². The number of likely N-dealkylation sites (tertiary alicyclic amines) is 1. The van der Waals surface area contributed by atoms with Crippen LogP contribution in [0.4, 0.5) is 4.39 Å². The molecule has 2 aromatic carbocycles. The summed E-state index contributed by atoms with van der Waals surface area (Å²) in [6, 6.07) is 11.7. The number of carbonyl (C=O) groups is 3. The summed E-state index contributed by atoms with van der Waals surface area (Å²) in [6.45, 7) is 1.19. The monoisotopic (exact) mass is 395 g/mol. The maximum Gasteiger partial charge on any atom is 0.314 e. The highest BCUT2D eigenvalue weighted by Crippen LogP contribution is 2.32. The number of esters is 1. The van der Waals surface area contributed by atoms with Crippen LogP contribution in [-0.2, 0) is 9.59 Å². The van der Waals surface area contributed by atoms with E-state index in [1.165, 1.54) is 24.3 Å². The van der Waals surface area contributed by atoms with Gasteiger partial charge < -0.3 is 9.64 Å². The summed E-state index contributed by atoms with van der Waals surface area (Å²) in [5.74, 6) is -0.350. The highest BCUT2D eigenvalue weighted by molar-refractivity contribution is 6.09. The third-order valence-corrected chi connectivity index (χ3v) is 5.51. The first-order valence-corrected chi connectivity index (χ1v) is 9.92. The van der Waals surface area contributed by atoms with E-state index in [2.05, 4.69) is 0 Å². The van der Waals surface area contributed by atoms with Crippen LogP contribution in [-0.4, -0.2) is 35.6 Å². The van der Waals surface area contributed by atoms with Crippen molar-refractivity contribution in [3.05, 3.63) is 65.5 Å². The molecule has 1 saturated carbocycles. The third kappa shape index (κ3) is 4.53. The van der Waals surface area contributed by atoms with E-state index in [9.17, 15) is 18.8 Å². The molecule has 2 aromatic rings. The summed E-state index contributed by atoms with van der Waals surface area (Å²) in [5, 5.41) is 0. The molecule has 1 aliphatic carbocycles. The minimum absolute atomic E-state index is 0.203. The lowest BCUT2D eigenvalue weighted by Crippen LogP contribution is -2.41. The van der Waals surface area contributed by atoms with Gasteiger partial charge >= 0.3 is 5.97 Å². The number of benzene rings is 2. The number of hydrogen-bond donors (Lipinski definition) is 0. The summed E-state index contributed by atoms with van der Waals surface area (Å²) in [7, 11) is 0. The Morgan fingerprint density at radius 1 is 0.793 bits per heavy atom. The third-order valence-electron chi connectivity index (χ3n) is 5.51. The van der Waals surface area contributed by atoms with E-state index < -0.39 is 5.82 Å². The largest absolute Gasteiger partial charge is 0.426 e. The standard InChI is InChI=1S/C23H22FNO4/c24-19-7-3-15(4-8-19)21(26)16-5-9-20(10-6-16)29-23(28)18-11-13-25(14-12-18)22(27)17-1-2-17/h3-10,17-18H,1-2,11-14H2. The lowest BCUT2D eigenvalue weighted by molar-refractivity contribution is -0.143. The van der Waals surface area contributed by atoms with Crippen LogP contribution < -0.4 is 4.74 Å². The van der Waals surface area contributed by atoms with Gasteiger partial charge in [0.25, 0.3) is 0 Å². The Morgan fingerprint density at radius 2 is 1.34 bits per heavy atom. The Balaban J connectivity index is 1.31. The molecule has 1 heterocycles. The number of halogens is 1. The molecular weight excluding hydrogens is 373 g/mol. The molecule has 150 valence electrons. The van der Waals surface area contributed by atoms with E-state index >= 15 is 0 Å². The first kappa shape index (κ1) is 19.3. The Kier molecular flexibility index (Phi) is 5.43. The maximum absolute atomic E-state index is 13.0. The van der Waals surface area contributed by atoms with Crippen molar-refractivity contribution in [2.75, 3.05) is 13.1 Å². The van der Waals surface area contributed by atoms with Gasteiger partial charge in [0.1, 0.15) is 11.6 Å². The van der Waals surface area contributed by atoms with Gasteiger partial charge in [-0.25, -0.2) is 4.39 Å². The van der Waals surface area contributed by atoms with Crippen LogP contribution in [0.25, 0.3) is 0 Å². The molecule has 1 saturated heterocycles. The second-order valence-corrected chi connectivity index (χ2v) is 7.66. The van der Waals surface area contributed by atoms with Crippen molar-refractivity contribution in [1.82, 2.24) is 4.90 Å². The normalized spacial score (nSPS) is 17.1. The van der Waals surface area contributed by atoms with E-state index in [0.717, 1.165) is 12.8 Å². The fourth-order valence-corrected chi connectivity index (χ4v) is 3.57. The quantitative estimate of drug-likeness (QED) is 0.441. The molecule has 6 heteroatoms. The van der Waals surface area contributed by atoms with E-state index in [1.54, 1.807) is 24.3 Å². The molecule has 0 atom stereocenters. The minimum atomic E-state index is -0.397. The first-order chi connectivity index (χ1) is 14.0. The number of hydrogen-bond acceptors (Lipinski definition) is 4. The molecule has 0 radical (unpaired) electrons. The summed E-state index contributed by atoms with van der Waals surface area (Å²) >= 11 is 0. The highest BCUT2D eigenvalue weighted by atomic mass is 19.1.